The van der Waals surface area contributed by atoms with Gasteiger partial charge in [-0.15, -0.1) is 0 Å². The van der Waals surface area contributed by atoms with Gasteiger partial charge in [0.1, 0.15) is 17.5 Å². The summed E-state index contributed by atoms with van der Waals surface area (Å²) in [6.45, 7) is 1.71. The molecule has 7 nitrogen and oxygen atoms in total. The molecule has 1 atom stereocenters. The Morgan fingerprint density at radius 1 is 1.09 bits per heavy atom. The van der Waals surface area contributed by atoms with E-state index < -0.39 is 18.6 Å². The van der Waals surface area contributed by atoms with E-state index in [0.717, 1.165) is 27.8 Å². The van der Waals surface area contributed by atoms with Crippen LogP contribution in [0.5, 0.6) is 11.5 Å². The van der Waals surface area contributed by atoms with Crippen molar-refractivity contribution in [3.05, 3.63) is 77.1 Å². The lowest BCUT2D eigenvalue weighted by Crippen LogP contribution is -2.39. The number of aromatic nitrogens is 1. The Balaban J connectivity index is 1.89. The lowest BCUT2D eigenvalue weighted by atomic mass is 9.98. The van der Waals surface area contributed by atoms with E-state index in [0.29, 0.717) is 17.1 Å². The molecule has 0 saturated heterocycles. The van der Waals surface area contributed by atoms with Crippen LogP contribution < -0.4 is 14.8 Å². The monoisotopic (exact) mass is 448 g/mol. The molecule has 0 aliphatic heterocycles. The van der Waals surface area contributed by atoms with Gasteiger partial charge in [0.25, 0.3) is 0 Å². The Labute approximate surface area is 193 Å². The van der Waals surface area contributed by atoms with Crippen molar-refractivity contribution in [1.29, 1.82) is 0 Å². The number of methoxy groups -OCH3 is 2. The summed E-state index contributed by atoms with van der Waals surface area (Å²) in [6, 6.07) is 12.8. The molecule has 0 amide bonds. The third kappa shape index (κ3) is 5.77. The molecular formula is C26H28N2O5. The first-order chi connectivity index (χ1) is 16.0. The van der Waals surface area contributed by atoms with Crippen LogP contribution in [0, 0.1) is 6.92 Å². The molecule has 3 aromatic rings. The summed E-state index contributed by atoms with van der Waals surface area (Å²) < 4.78 is 11.1. The summed E-state index contributed by atoms with van der Waals surface area (Å²) in [5.74, 6) is -0.0235. The van der Waals surface area contributed by atoms with Gasteiger partial charge in [0, 0.05) is 30.1 Å². The van der Waals surface area contributed by atoms with Crippen LogP contribution in [0.15, 0.2) is 54.9 Å². The van der Waals surface area contributed by atoms with Crippen LogP contribution in [-0.4, -0.2) is 48.0 Å². The van der Waals surface area contributed by atoms with Gasteiger partial charge in [-0.3, -0.25) is 15.1 Å². The lowest BCUT2D eigenvalue weighted by molar-refractivity contribution is -0.140. The Hall–Kier alpha value is -3.68. The summed E-state index contributed by atoms with van der Waals surface area (Å²) in [7, 11) is 3.09. The number of hydrogen-bond donors (Lipinski definition) is 3. The highest BCUT2D eigenvalue weighted by Gasteiger charge is 2.18. The van der Waals surface area contributed by atoms with E-state index in [1.165, 1.54) is 0 Å². The molecule has 3 rings (SSSR count). The molecular weight excluding hydrogens is 420 g/mol. The SMILES string of the molecule is COc1cc(/C=C/c2cncc(-c3ccccc3)c2C)cc(OC)c1CN[C@@H](CO)C(=O)O. The maximum Gasteiger partial charge on any atom is 0.323 e. The Kier molecular flexibility index (Phi) is 8.18. The van der Waals surface area contributed by atoms with E-state index in [1.807, 2.05) is 54.9 Å². The van der Waals surface area contributed by atoms with Crippen LogP contribution >= 0.6 is 0 Å². The summed E-state index contributed by atoms with van der Waals surface area (Å²) in [5, 5.41) is 21.2. The maximum absolute atomic E-state index is 11.2. The second-order valence-electron chi connectivity index (χ2n) is 7.46. The number of carboxylic acid groups (broad SMARTS) is 1. The van der Waals surface area contributed by atoms with Crippen LogP contribution in [0.3, 0.4) is 0 Å². The van der Waals surface area contributed by atoms with Gasteiger partial charge in [-0.25, -0.2) is 0 Å². The molecule has 33 heavy (non-hydrogen) atoms. The zero-order valence-electron chi connectivity index (χ0n) is 18.9. The number of ether oxygens (including phenoxy) is 2. The maximum atomic E-state index is 11.2. The average molecular weight is 449 g/mol. The first-order valence-corrected chi connectivity index (χ1v) is 10.5. The third-order valence-corrected chi connectivity index (χ3v) is 5.43. The number of benzene rings is 2. The Bertz CT molecular complexity index is 1100. The number of aliphatic carboxylic acids is 1. The first kappa shape index (κ1) is 24.0. The van der Waals surface area contributed by atoms with Gasteiger partial charge in [-0.1, -0.05) is 42.5 Å². The van der Waals surface area contributed by atoms with Gasteiger partial charge < -0.3 is 19.7 Å². The number of hydrogen-bond acceptors (Lipinski definition) is 6. The van der Waals surface area contributed by atoms with E-state index >= 15 is 0 Å². The van der Waals surface area contributed by atoms with Crippen LogP contribution in [-0.2, 0) is 11.3 Å². The summed E-state index contributed by atoms with van der Waals surface area (Å²) >= 11 is 0. The van der Waals surface area contributed by atoms with E-state index in [4.69, 9.17) is 14.6 Å². The topological polar surface area (TPSA) is 101 Å². The fourth-order valence-electron chi connectivity index (χ4n) is 3.53. The number of pyridine rings is 1. The van der Waals surface area contributed by atoms with Crippen molar-refractivity contribution in [3.8, 4) is 22.6 Å². The highest BCUT2D eigenvalue weighted by Crippen LogP contribution is 2.32. The number of rotatable bonds is 10. The molecule has 172 valence electrons. The molecule has 0 saturated carbocycles. The lowest BCUT2D eigenvalue weighted by Gasteiger charge is -2.17. The van der Waals surface area contributed by atoms with Crippen molar-refractivity contribution in [2.45, 2.75) is 19.5 Å². The van der Waals surface area contributed by atoms with E-state index in [2.05, 4.69) is 29.4 Å². The standard InChI is InChI=1S/C26H28N2O5/c1-17-20(13-27-14-21(17)19-7-5-4-6-8-19)10-9-18-11-24(32-2)22(25(12-18)33-3)15-28-23(16-29)26(30)31/h4-14,23,28-29H,15-16H2,1-3H3,(H,30,31)/b10-9+/t23-/m0/s1. The average Bonchev–Trinajstić information content (AvgIpc) is 2.84. The molecule has 2 aromatic carbocycles. The smallest absolute Gasteiger partial charge is 0.323 e. The van der Waals surface area contributed by atoms with Crippen molar-refractivity contribution in [2.75, 3.05) is 20.8 Å². The summed E-state index contributed by atoms with van der Waals surface area (Å²) in [4.78, 5) is 15.6. The minimum Gasteiger partial charge on any atom is -0.496 e. The zero-order valence-corrected chi connectivity index (χ0v) is 18.9. The minimum absolute atomic E-state index is 0.163. The second-order valence-corrected chi connectivity index (χ2v) is 7.46. The number of aliphatic hydroxyl groups is 1. The molecule has 0 spiro atoms. The third-order valence-electron chi connectivity index (χ3n) is 5.43. The van der Waals surface area contributed by atoms with Crippen molar-refractivity contribution < 1.29 is 24.5 Å². The van der Waals surface area contributed by atoms with E-state index in [1.54, 1.807) is 14.2 Å². The van der Waals surface area contributed by atoms with Gasteiger partial charge in [0.2, 0.25) is 0 Å². The van der Waals surface area contributed by atoms with Gasteiger partial charge in [0.05, 0.1) is 20.8 Å². The molecule has 3 N–H and O–H groups in total. The second kappa shape index (κ2) is 11.3. The van der Waals surface area contributed by atoms with Crippen molar-refractivity contribution >= 4 is 18.1 Å². The van der Waals surface area contributed by atoms with E-state index in [-0.39, 0.29) is 6.54 Å². The number of carbonyl (C=O) groups is 1. The highest BCUT2D eigenvalue weighted by atomic mass is 16.5. The van der Waals surface area contributed by atoms with Crippen LogP contribution in [0.1, 0.15) is 22.3 Å². The van der Waals surface area contributed by atoms with Gasteiger partial charge in [-0.05, 0) is 41.3 Å². The summed E-state index contributed by atoms with van der Waals surface area (Å²) in [5.41, 5.74) is 5.82. The predicted molar refractivity (Wildman–Crippen MR) is 128 cm³/mol. The largest absolute Gasteiger partial charge is 0.496 e. The number of aliphatic hydroxyl groups excluding tert-OH is 1. The van der Waals surface area contributed by atoms with Crippen molar-refractivity contribution in [2.24, 2.45) is 0 Å². The number of nitrogens with one attached hydrogen (secondary N) is 1. The molecule has 0 aliphatic carbocycles. The number of carboxylic acids is 1. The van der Waals surface area contributed by atoms with Crippen LogP contribution in [0.2, 0.25) is 0 Å². The molecule has 0 bridgehead atoms. The molecule has 0 radical (unpaired) electrons. The van der Waals surface area contributed by atoms with Crippen LogP contribution in [0.25, 0.3) is 23.3 Å². The van der Waals surface area contributed by atoms with Crippen LogP contribution in [0.4, 0.5) is 0 Å². The van der Waals surface area contributed by atoms with Crippen molar-refractivity contribution in [3.63, 3.8) is 0 Å². The molecule has 0 unspecified atom stereocenters. The predicted octanol–water partition coefficient (Wildman–Crippen LogP) is 3.78. The van der Waals surface area contributed by atoms with Gasteiger partial charge in [-0.2, -0.15) is 0 Å². The van der Waals surface area contributed by atoms with Gasteiger partial charge >= 0.3 is 5.97 Å². The number of nitrogens with zero attached hydrogens (tertiary/aromatic N) is 1. The van der Waals surface area contributed by atoms with E-state index in [9.17, 15) is 9.90 Å². The quantitative estimate of drug-likeness (QED) is 0.434. The Morgan fingerprint density at radius 3 is 2.33 bits per heavy atom. The molecule has 1 heterocycles. The fourth-order valence-corrected chi connectivity index (χ4v) is 3.53. The zero-order chi connectivity index (χ0) is 23.8. The van der Waals surface area contributed by atoms with Crippen molar-refractivity contribution in [1.82, 2.24) is 10.3 Å². The summed E-state index contributed by atoms with van der Waals surface area (Å²) in [6.07, 6.45) is 7.64. The fraction of sp³-hybridized carbons (Fsp3) is 0.231. The Morgan fingerprint density at radius 2 is 1.76 bits per heavy atom. The minimum atomic E-state index is -1.13. The normalized spacial score (nSPS) is 12.0. The molecule has 7 heteroatoms. The first-order valence-electron chi connectivity index (χ1n) is 10.5. The molecule has 0 fully saturated rings. The molecule has 1 aromatic heterocycles. The van der Waals surface area contributed by atoms with Gasteiger partial charge in [0.15, 0.2) is 0 Å². The highest BCUT2D eigenvalue weighted by molar-refractivity contribution is 5.77. The molecule has 0 aliphatic rings.